The van der Waals surface area contributed by atoms with E-state index in [0.717, 1.165) is 11.5 Å². The molecule has 3 heteroatoms. The molecule has 0 atom stereocenters. The molecule has 0 aliphatic rings. The molecule has 1 aromatic rings. The van der Waals surface area contributed by atoms with Crippen molar-refractivity contribution in [2.75, 3.05) is 5.73 Å². The van der Waals surface area contributed by atoms with Gasteiger partial charge in [0.2, 0.25) is 0 Å². The zero-order valence-electron chi connectivity index (χ0n) is 8.05. The van der Waals surface area contributed by atoms with Crippen LogP contribution in [0.5, 0.6) is 0 Å². The Balaban J connectivity index is 3.23. The van der Waals surface area contributed by atoms with Gasteiger partial charge >= 0.3 is 0 Å². The summed E-state index contributed by atoms with van der Waals surface area (Å²) in [7, 11) is 0. The Bertz CT molecular complexity index is 286. The number of anilines is 1. The summed E-state index contributed by atoms with van der Waals surface area (Å²) in [4.78, 5) is 8.32. The van der Waals surface area contributed by atoms with Gasteiger partial charge in [0.25, 0.3) is 0 Å². The van der Waals surface area contributed by atoms with Gasteiger partial charge in [-0.25, -0.2) is 9.97 Å². The van der Waals surface area contributed by atoms with E-state index in [-0.39, 0.29) is 5.41 Å². The molecule has 1 rings (SSSR count). The van der Waals surface area contributed by atoms with Crippen molar-refractivity contribution in [3.8, 4) is 0 Å². The number of aromatic nitrogens is 2. The van der Waals surface area contributed by atoms with Crippen LogP contribution in [0.3, 0.4) is 0 Å². The van der Waals surface area contributed by atoms with E-state index >= 15 is 0 Å². The van der Waals surface area contributed by atoms with Crippen LogP contribution in [0.2, 0.25) is 0 Å². The van der Waals surface area contributed by atoms with Crippen LogP contribution in [0, 0.1) is 6.92 Å². The lowest BCUT2D eigenvalue weighted by Gasteiger charge is -2.19. The summed E-state index contributed by atoms with van der Waals surface area (Å²) in [5.41, 5.74) is 7.35. The molecule has 66 valence electrons. The van der Waals surface area contributed by atoms with Crippen molar-refractivity contribution < 1.29 is 0 Å². The monoisotopic (exact) mass is 165 g/mol. The fraction of sp³-hybridized carbons (Fsp3) is 0.556. The topological polar surface area (TPSA) is 51.8 Å². The second-order valence-electron chi connectivity index (χ2n) is 3.97. The van der Waals surface area contributed by atoms with Gasteiger partial charge in [-0.15, -0.1) is 0 Å². The van der Waals surface area contributed by atoms with Crippen molar-refractivity contribution in [3.63, 3.8) is 0 Å². The van der Waals surface area contributed by atoms with E-state index in [1.165, 1.54) is 0 Å². The molecule has 0 amide bonds. The van der Waals surface area contributed by atoms with Crippen molar-refractivity contribution >= 4 is 5.69 Å². The molecule has 0 radical (unpaired) electrons. The SMILES string of the molecule is Cc1ncc(N)c(C(C)(C)C)n1. The maximum atomic E-state index is 5.75. The summed E-state index contributed by atoms with van der Waals surface area (Å²) >= 11 is 0. The molecule has 12 heavy (non-hydrogen) atoms. The standard InChI is InChI=1S/C9H15N3/c1-6-11-5-7(10)8(12-6)9(2,3)4/h5H,10H2,1-4H3. The highest BCUT2D eigenvalue weighted by atomic mass is 14.9. The first-order valence-electron chi connectivity index (χ1n) is 4.01. The Morgan fingerprint density at radius 3 is 2.33 bits per heavy atom. The largest absolute Gasteiger partial charge is 0.396 e. The van der Waals surface area contributed by atoms with Gasteiger partial charge in [0.15, 0.2) is 0 Å². The molecule has 0 bridgehead atoms. The van der Waals surface area contributed by atoms with Gasteiger partial charge < -0.3 is 5.73 Å². The molecule has 0 saturated heterocycles. The highest BCUT2D eigenvalue weighted by Crippen LogP contribution is 2.24. The van der Waals surface area contributed by atoms with Crippen molar-refractivity contribution in [3.05, 3.63) is 17.7 Å². The number of hydrogen-bond acceptors (Lipinski definition) is 3. The van der Waals surface area contributed by atoms with E-state index in [1.807, 2.05) is 6.92 Å². The second kappa shape index (κ2) is 2.73. The Morgan fingerprint density at radius 1 is 1.33 bits per heavy atom. The fourth-order valence-electron chi connectivity index (χ4n) is 1.08. The van der Waals surface area contributed by atoms with Gasteiger partial charge in [-0.3, -0.25) is 0 Å². The van der Waals surface area contributed by atoms with E-state index < -0.39 is 0 Å². The van der Waals surface area contributed by atoms with Crippen LogP contribution in [0.1, 0.15) is 32.3 Å². The predicted octanol–water partition coefficient (Wildman–Crippen LogP) is 1.66. The minimum absolute atomic E-state index is 0.00220. The first-order chi connectivity index (χ1) is 5.41. The maximum absolute atomic E-state index is 5.75. The number of nitrogens with zero attached hydrogens (tertiary/aromatic N) is 2. The molecule has 0 saturated carbocycles. The van der Waals surface area contributed by atoms with Crippen LogP contribution in [0.25, 0.3) is 0 Å². The van der Waals surface area contributed by atoms with Crippen LogP contribution in [-0.4, -0.2) is 9.97 Å². The van der Waals surface area contributed by atoms with Gasteiger partial charge in [0, 0.05) is 5.41 Å². The Hall–Kier alpha value is -1.12. The summed E-state index contributed by atoms with van der Waals surface area (Å²) in [5, 5.41) is 0. The molecule has 2 N–H and O–H groups in total. The smallest absolute Gasteiger partial charge is 0.125 e. The predicted molar refractivity (Wildman–Crippen MR) is 49.9 cm³/mol. The fourth-order valence-corrected chi connectivity index (χ4v) is 1.08. The molecule has 1 aromatic heterocycles. The average Bonchev–Trinajstić information content (AvgIpc) is 1.92. The summed E-state index contributed by atoms with van der Waals surface area (Å²) in [5.74, 6) is 0.772. The molecule has 0 aliphatic carbocycles. The van der Waals surface area contributed by atoms with E-state index in [0.29, 0.717) is 5.69 Å². The number of nitrogens with two attached hydrogens (primary N) is 1. The lowest BCUT2D eigenvalue weighted by atomic mass is 9.91. The third-order valence-electron chi connectivity index (χ3n) is 1.65. The molecule has 0 aromatic carbocycles. The Labute approximate surface area is 73.0 Å². The summed E-state index contributed by atoms with van der Waals surface area (Å²) in [6.45, 7) is 8.14. The quantitative estimate of drug-likeness (QED) is 0.636. The van der Waals surface area contributed by atoms with E-state index in [1.54, 1.807) is 6.20 Å². The highest BCUT2D eigenvalue weighted by Gasteiger charge is 2.18. The van der Waals surface area contributed by atoms with Crippen LogP contribution < -0.4 is 5.73 Å². The van der Waals surface area contributed by atoms with Crippen molar-refractivity contribution in [2.24, 2.45) is 0 Å². The minimum atomic E-state index is -0.00220. The zero-order valence-corrected chi connectivity index (χ0v) is 8.05. The second-order valence-corrected chi connectivity index (χ2v) is 3.97. The first-order valence-corrected chi connectivity index (χ1v) is 4.01. The number of hydrogen-bond donors (Lipinski definition) is 1. The van der Waals surface area contributed by atoms with Gasteiger partial charge in [0.1, 0.15) is 5.82 Å². The molecule has 0 fully saturated rings. The summed E-state index contributed by atoms with van der Waals surface area (Å²) in [6.07, 6.45) is 1.67. The van der Waals surface area contributed by atoms with Crippen molar-refractivity contribution in [1.82, 2.24) is 9.97 Å². The molecule has 3 nitrogen and oxygen atoms in total. The molecular weight excluding hydrogens is 150 g/mol. The van der Waals surface area contributed by atoms with E-state index in [4.69, 9.17) is 5.73 Å². The average molecular weight is 165 g/mol. The molecular formula is C9H15N3. The van der Waals surface area contributed by atoms with E-state index in [2.05, 4.69) is 30.7 Å². The van der Waals surface area contributed by atoms with Crippen molar-refractivity contribution in [1.29, 1.82) is 0 Å². The van der Waals surface area contributed by atoms with Crippen LogP contribution in [-0.2, 0) is 5.41 Å². The lowest BCUT2D eigenvalue weighted by molar-refractivity contribution is 0.567. The van der Waals surface area contributed by atoms with Gasteiger partial charge in [-0.2, -0.15) is 0 Å². The first kappa shape index (κ1) is 8.97. The summed E-state index contributed by atoms with van der Waals surface area (Å²) < 4.78 is 0. The molecule has 0 spiro atoms. The number of aryl methyl sites for hydroxylation is 1. The van der Waals surface area contributed by atoms with Gasteiger partial charge in [-0.1, -0.05) is 20.8 Å². The third kappa shape index (κ3) is 1.72. The summed E-state index contributed by atoms with van der Waals surface area (Å²) in [6, 6.07) is 0. The molecule has 0 unspecified atom stereocenters. The Morgan fingerprint density at radius 2 is 1.92 bits per heavy atom. The minimum Gasteiger partial charge on any atom is -0.396 e. The number of nitrogen functional groups attached to an aromatic ring is 1. The van der Waals surface area contributed by atoms with Gasteiger partial charge in [-0.05, 0) is 6.92 Å². The third-order valence-corrected chi connectivity index (χ3v) is 1.65. The van der Waals surface area contributed by atoms with E-state index in [9.17, 15) is 0 Å². The molecule has 0 aliphatic heterocycles. The van der Waals surface area contributed by atoms with Crippen LogP contribution in [0.4, 0.5) is 5.69 Å². The van der Waals surface area contributed by atoms with Crippen LogP contribution in [0.15, 0.2) is 6.20 Å². The lowest BCUT2D eigenvalue weighted by Crippen LogP contribution is -2.17. The van der Waals surface area contributed by atoms with Gasteiger partial charge in [0.05, 0.1) is 17.6 Å². The van der Waals surface area contributed by atoms with Crippen LogP contribution >= 0.6 is 0 Å². The number of rotatable bonds is 0. The van der Waals surface area contributed by atoms with Crippen molar-refractivity contribution in [2.45, 2.75) is 33.1 Å². The normalized spacial score (nSPS) is 11.7. The molecule has 1 heterocycles. The zero-order chi connectivity index (χ0) is 9.35. The maximum Gasteiger partial charge on any atom is 0.125 e. The Kier molecular flexibility index (Phi) is 2.04. The highest BCUT2D eigenvalue weighted by molar-refractivity contribution is 5.43.